The van der Waals surface area contributed by atoms with Gasteiger partial charge in [-0.15, -0.1) is 0 Å². The van der Waals surface area contributed by atoms with Gasteiger partial charge >= 0.3 is 0 Å². The third-order valence-corrected chi connectivity index (χ3v) is 5.78. The number of nitrogens with one attached hydrogen (secondary N) is 1. The molecule has 3 aromatic rings. The molecule has 1 amide bonds. The fourth-order valence-corrected chi connectivity index (χ4v) is 4.14. The van der Waals surface area contributed by atoms with Crippen LogP contribution < -0.4 is 19.7 Å². The molecule has 0 saturated carbocycles. The minimum absolute atomic E-state index is 0.00893. The Bertz CT molecular complexity index is 1110. The van der Waals surface area contributed by atoms with E-state index in [-0.39, 0.29) is 11.8 Å². The van der Waals surface area contributed by atoms with Gasteiger partial charge in [-0.2, -0.15) is 14.6 Å². The number of fused-ring (bicyclic) bond motifs is 2. The number of aromatic nitrogens is 4. The molecule has 1 aromatic carbocycles. The Morgan fingerprint density at radius 1 is 1.20 bits per heavy atom. The number of carbonyl (C=O) groups is 1. The Labute approximate surface area is 174 Å². The van der Waals surface area contributed by atoms with Crippen LogP contribution in [0, 0.1) is 19.8 Å². The highest BCUT2D eigenvalue weighted by atomic mass is 16.6. The van der Waals surface area contributed by atoms with Gasteiger partial charge in [-0.25, -0.2) is 4.98 Å². The predicted molar refractivity (Wildman–Crippen MR) is 111 cm³/mol. The summed E-state index contributed by atoms with van der Waals surface area (Å²) in [6.45, 7) is 6.57. The Kier molecular flexibility index (Phi) is 4.65. The molecule has 5 rings (SSSR count). The highest BCUT2D eigenvalue weighted by Crippen LogP contribution is 2.33. The van der Waals surface area contributed by atoms with Crippen molar-refractivity contribution >= 4 is 23.2 Å². The first kappa shape index (κ1) is 18.7. The number of amides is 1. The van der Waals surface area contributed by atoms with E-state index >= 15 is 0 Å². The summed E-state index contributed by atoms with van der Waals surface area (Å²) in [4.78, 5) is 24.0. The smallest absolute Gasteiger partial charge is 0.254 e. The maximum atomic E-state index is 13.0. The Morgan fingerprint density at radius 3 is 2.90 bits per heavy atom. The summed E-state index contributed by atoms with van der Waals surface area (Å²) in [5.41, 5.74) is 2.70. The Hall–Kier alpha value is -3.36. The molecular formula is C21H24N6O3. The molecule has 0 bridgehead atoms. The number of nitrogens with zero attached hydrogens (tertiary/aromatic N) is 5. The van der Waals surface area contributed by atoms with E-state index in [9.17, 15) is 4.79 Å². The maximum absolute atomic E-state index is 13.0. The lowest BCUT2D eigenvalue weighted by Crippen LogP contribution is -2.42. The van der Waals surface area contributed by atoms with Crippen LogP contribution in [0.4, 0.5) is 11.5 Å². The molecule has 4 heterocycles. The van der Waals surface area contributed by atoms with Crippen molar-refractivity contribution in [3.8, 4) is 11.5 Å². The third kappa shape index (κ3) is 3.30. The highest BCUT2D eigenvalue weighted by Gasteiger charge is 2.29. The van der Waals surface area contributed by atoms with Gasteiger partial charge in [-0.1, -0.05) is 0 Å². The van der Waals surface area contributed by atoms with Crippen molar-refractivity contribution in [1.29, 1.82) is 0 Å². The molecule has 0 spiro atoms. The average Bonchev–Trinajstić information content (AvgIpc) is 3.22. The van der Waals surface area contributed by atoms with Crippen LogP contribution in [0.3, 0.4) is 0 Å². The summed E-state index contributed by atoms with van der Waals surface area (Å²) in [7, 11) is 0. The first-order valence-corrected chi connectivity index (χ1v) is 10.2. The Balaban J connectivity index is 1.35. The molecule has 1 fully saturated rings. The van der Waals surface area contributed by atoms with E-state index < -0.39 is 0 Å². The lowest BCUT2D eigenvalue weighted by atomic mass is 9.96. The molecule has 9 nitrogen and oxygen atoms in total. The zero-order valence-corrected chi connectivity index (χ0v) is 17.1. The fraction of sp³-hybridized carbons (Fsp3) is 0.429. The van der Waals surface area contributed by atoms with Gasteiger partial charge in [0, 0.05) is 36.1 Å². The van der Waals surface area contributed by atoms with Crippen LogP contribution in [-0.4, -0.2) is 51.8 Å². The van der Waals surface area contributed by atoms with Gasteiger partial charge in [-0.05, 0) is 38.8 Å². The second-order valence-electron chi connectivity index (χ2n) is 7.75. The number of aryl methyl sites for hydroxylation is 1. The van der Waals surface area contributed by atoms with Gasteiger partial charge < -0.3 is 19.7 Å². The normalized spacial score (nSPS) is 18.5. The van der Waals surface area contributed by atoms with Gasteiger partial charge in [0.25, 0.3) is 5.78 Å². The Morgan fingerprint density at radius 2 is 2.03 bits per heavy atom. The minimum Gasteiger partial charge on any atom is -0.486 e. The molecule has 1 N–H and O–H groups in total. The number of ether oxygens (including phenoxy) is 2. The summed E-state index contributed by atoms with van der Waals surface area (Å²) in [6.07, 6.45) is 3.29. The summed E-state index contributed by atoms with van der Waals surface area (Å²) < 4.78 is 12.9. The second kappa shape index (κ2) is 7.47. The topological polar surface area (TPSA) is 93.9 Å². The van der Waals surface area contributed by atoms with E-state index in [2.05, 4.69) is 25.3 Å². The van der Waals surface area contributed by atoms with Gasteiger partial charge in [0.15, 0.2) is 11.5 Å². The van der Waals surface area contributed by atoms with E-state index in [0.717, 1.165) is 42.1 Å². The standard InChI is InChI=1S/C21H24N6O3/c1-13-14(2)24-21-22-12-23-27(21)20(13)26-7-3-4-15(11-26)19(28)25-16-5-6-17-18(10-16)30-9-8-29-17/h5-6,10,12,15H,3-4,7-9,11H2,1-2H3,(H,25,28). The van der Waals surface area contributed by atoms with Crippen molar-refractivity contribution in [2.24, 2.45) is 5.92 Å². The average molecular weight is 408 g/mol. The van der Waals surface area contributed by atoms with Crippen molar-refractivity contribution in [3.05, 3.63) is 35.8 Å². The SMILES string of the molecule is Cc1nc2ncnn2c(N2CCCC(C(=O)Nc3ccc4c(c3)OCCO4)C2)c1C. The number of rotatable bonds is 3. The van der Waals surface area contributed by atoms with Gasteiger partial charge in [-0.3, -0.25) is 4.79 Å². The monoisotopic (exact) mass is 408 g/mol. The number of piperidine rings is 1. The number of hydrogen-bond donors (Lipinski definition) is 1. The van der Waals surface area contributed by atoms with E-state index in [1.165, 1.54) is 6.33 Å². The van der Waals surface area contributed by atoms with E-state index in [4.69, 9.17) is 9.47 Å². The zero-order valence-electron chi connectivity index (χ0n) is 17.1. The summed E-state index contributed by atoms with van der Waals surface area (Å²) in [6, 6.07) is 5.51. The van der Waals surface area contributed by atoms with Crippen molar-refractivity contribution in [3.63, 3.8) is 0 Å². The zero-order chi connectivity index (χ0) is 20.7. The van der Waals surface area contributed by atoms with Crippen LogP contribution in [0.2, 0.25) is 0 Å². The van der Waals surface area contributed by atoms with Gasteiger partial charge in [0.05, 0.1) is 5.92 Å². The van der Waals surface area contributed by atoms with Crippen molar-refractivity contribution in [2.75, 3.05) is 36.5 Å². The summed E-state index contributed by atoms with van der Waals surface area (Å²) in [5.74, 6) is 2.81. The van der Waals surface area contributed by atoms with E-state index in [1.54, 1.807) is 4.52 Å². The molecule has 1 atom stereocenters. The van der Waals surface area contributed by atoms with Crippen molar-refractivity contribution in [1.82, 2.24) is 19.6 Å². The number of hydrogen-bond acceptors (Lipinski definition) is 7. The molecule has 1 unspecified atom stereocenters. The molecule has 30 heavy (non-hydrogen) atoms. The maximum Gasteiger partial charge on any atom is 0.254 e. The molecule has 2 aromatic heterocycles. The molecular weight excluding hydrogens is 384 g/mol. The second-order valence-corrected chi connectivity index (χ2v) is 7.75. The van der Waals surface area contributed by atoms with Crippen LogP contribution in [0.25, 0.3) is 5.78 Å². The molecule has 0 aliphatic carbocycles. The van der Waals surface area contributed by atoms with Gasteiger partial charge in [0.2, 0.25) is 5.91 Å². The highest BCUT2D eigenvalue weighted by molar-refractivity contribution is 5.93. The number of carbonyl (C=O) groups excluding carboxylic acids is 1. The number of benzene rings is 1. The first-order valence-electron chi connectivity index (χ1n) is 10.2. The lowest BCUT2D eigenvalue weighted by molar-refractivity contribution is -0.120. The summed E-state index contributed by atoms with van der Waals surface area (Å²) in [5, 5.41) is 7.39. The van der Waals surface area contributed by atoms with Crippen LogP contribution >= 0.6 is 0 Å². The molecule has 0 radical (unpaired) electrons. The number of anilines is 2. The quantitative estimate of drug-likeness (QED) is 0.711. The lowest BCUT2D eigenvalue weighted by Gasteiger charge is -2.34. The van der Waals surface area contributed by atoms with Crippen LogP contribution in [0.5, 0.6) is 11.5 Å². The summed E-state index contributed by atoms with van der Waals surface area (Å²) >= 11 is 0. The van der Waals surface area contributed by atoms with Crippen molar-refractivity contribution < 1.29 is 14.3 Å². The van der Waals surface area contributed by atoms with Gasteiger partial charge in [0.1, 0.15) is 25.4 Å². The molecule has 156 valence electrons. The van der Waals surface area contributed by atoms with Crippen LogP contribution in [0.1, 0.15) is 24.1 Å². The third-order valence-electron chi connectivity index (χ3n) is 5.78. The first-order chi connectivity index (χ1) is 14.6. The molecule has 1 saturated heterocycles. The largest absolute Gasteiger partial charge is 0.486 e. The minimum atomic E-state index is -0.126. The van der Waals surface area contributed by atoms with E-state index in [1.807, 2.05) is 32.0 Å². The van der Waals surface area contributed by atoms with Crippen molar-refractivity contribution in [2.45, 2.75) is 26.7 Å². The fourth-order valence-electron chi connectivity index (χ4n) is 4.14. The molecule has 2 aliphatic rings. The predicted octanol–water partition coefficient (Wildman–Crippen LogP) is 2.37. The molecule has 9 heteroatoms. The van der Waals surface area contributed by atoms with E-state index in [0.29, 0.717) is 37.0 Å². The van der Waals surface area contributed by atoms with Crippen LogP contribution in [-0.2, 0) is 4.79 Å². The van der Waals surface area contributed by atoms with Crippen LogP contribution in [0.15, 0.2) is 24.5 Å². The molecule has 2 aliphatic heterocycles.